The summed E-state index contributed by atoms with van der Waals surface area (Å²) < 4.78 is 11.7. The number of amides is 4. The van der Waals surface area contributed by atoms with Crippen molar-refractivity contribution in [3.8, 4) is 11.5 Å². The normalized spacial score (nSPS) is 14.7. The van der Waals surface area contributed by atoms with Crippen molar-refractivity contribution < 1.29 is 23.9 Å². The Morgan fingerprint density at radius 3 is 2.43 bits per heavy atom. The van der Waals surface area contributed by atoms with Gasteiger partial charge in [0.2, 0.25) is 0 Å². The van der Waals surface area contributed by atoms with Gasteiger partial charge >= 0.3 is 6.03 Å². The number of carbonyl (C=O) groups is 3. The lowest BCUT2D eigenvalue weighted by Crippen LogP contribution is -2.54. The molecule has 37 heavy (non-hydrogen) atoms. The fraction of sp³-hybridized carbons (Fsp3) is 0.207. The third-order valence-corrected chi connectivity index (χ3v) is 6.24. The van der Waals surface area contributed by atoms with Crippen LogP contribution in [0.25, 0.3) is 6.08 Å². The Kier molecular flexibility index (Phi) is 7.64. The Morgan fingerprint density at radius 2 is 1.73 bits per heavy atom. The van der Waals surface area contributed by atoms with E-state index in [-0.39, 0.29) is 17.2 Å². The number of benzene rings is 3. The lowest BCUT2D eigenvalue weighted by atomic mass is 10.0. The highest BCUT2D eigenvalue weighted by Gasteiger charge is 2.37. The Bertz CT molecular complexity index is 1430. The number of imide groups is 2. The van der Waals surface area contributed by atoms with Crippen molar-refractivity contribution in [3.05, 3.63) is 93.0 Å². The largest absolute Gasteiger partial charge is 0.490 e. The van der Waals surface area contributed by atoms with Crippen LogP contribution >= 0.6 is 11.6 Å². The predicted molar refractivity (Wildman–Crippen MR) is 143 cm³/mol. The van der Waals surface area contributed by atoms with Gasteiger partial charge in [0.1, 0.15) is 12.2 Å². The van der Waals surface area contributed by atoms with E-state index in [2.05, 4.69) is 5.32 Å². The first-order valence-electron chi connectivity index (χ1n) is 11.8. The molecule has 0 aromatic heterocycles. The lowest BCUT2D eigenvalue weighted by Gasteiger charge is -2.27. The molecule has 3 aromatic rings. The van der Waals surface area contributed by atoms with Gasteiger partial charge in [0.15, 0.2) is 11.5 Å². The minimum Gasteiger partial charge on any atom is -0.490 e. The molecule has 1 N–H and O–H groups in total. The molecule has 0 spiro atoms. The van der Waals surface area contributed by atoms with E-state index in [0.717, 1.165) is 27.2 Å². The highest BCUT2D eigenvalue weighted by molar-refractivity contribution is 6.39. The summed E-state index contributed by atoms with van der Waals surface area (Å²) in [5, 5.41) is 2.50. The number of halogens is 1. The Hall–Kier alpha value is -4.10. The second-order valence-electron chi connectivity index (χ2n) is 8.77. The second-order valence-corrected chi connectivity index (χ2v) is 9.17. The van der Waals surface area contributed by atoms with E-state index in [1.165, 1.54) is 6.08 Å². The molecular formula is C29H27ClN2O5. The maximum atomic E-state index is 13.3. The average molecular weight is 519 g/mol. The second kappa shape index (κ2) is 10.9. The van der Waals surface area contributed by atoms with Crippen LogP contribution in [0, 0.1) is 20.8 Å². The Balaban J connectivity index is 1.67. The number of urea groups is 1. The summed E-state index contributed by atoms with van der Waals surface area (Å²) in [6.45, 7) is 8.28. The summed E-state index contributed by atoms with van der Waals surface area (Å²) >= 11 is 6.55. The first-order valence-corrected chi connectivity index (χ1v) is 12.2. The molecule has 0 atom stereocenters. The van der Waals surface area contributed by atoms with Crippen molar-refractivity contribution in [2.45, 2.75) is 34.3 Å². The number of hydrogen-bond donors (Lipinski definition) is 1. The maximum Gasteiger partial charge on any atom is 0.335 e. The topological polar surface area (TPSA) is 84.9 Å². The monoisotopic (exact) mass is 518 g/mol. The quantitative estimate of drug-likeness (QED) is 0.310. The molecule has 0 bridgehead atoms. The van der Waals surface area contributed by atoms with Gasteiger partial charge in [0, 0.05) is 0 Å². The average Bonchev–Trinajstić information content (AvgIpc) is 2.83. The van der Waals surface area contributed by atoms with Gasteiger partial charge in [-0.2, -0.15) is 0 Å². The smallest absolute Gasteiger partial charge is 0.335 e. The SMILES string of the molecule is CCOc1cc(/C=C2\C(=O)NC(=O)N(c3ccc(C)c(C)c3)C2=O)cc(Cl)c1OCc1cccc(C)c1. The number of anilines is 1. The summed E-state index contributed by atoms with van der Waals surface area (Å²) in [6.07, 6.45) is 1.39. The molecule has 0 aliphatic carbocycles. The zero-order valence-corrected chi connectivity index (χ0v) is 21.8. The standard InChI is InChI=1S/C29H27ClN2O5/c1-5-36-25-15-21(14-24(30)26(25)37-16-20-8-6-7-17(2)11-20)13-23-27(33)31-29(35)32(28(23)34)22-10-9-18(3)19(4)12-22/h6-15H,5,16H2,1-4H3,(H,31,33,35)/b23-13+. The Morgan fingerprint density at radius 1 is 0.946 bits per heavy atom. The molecule has 0 saturated carbocycles. The van der Waals surface area contributed by atoms with Crippen molar-refractivity contribution in [2.24, 2.45) is 0 Å². The van der Waals surface area contributed by atoms with Crippen molar-refractivity contribution in [3.63, 3.8) is 0 Å². The van der Waals surface area contributed by atoms with Gasteiger partial charge in [-0.25, -0.2) is 9.69 Å². The van der Waals surface area contributed by atoms with E-state index in [1.54, 1.807) is 24.3 Å². The fourth-order valence-electron chi connectivity index (χ4n) is 3.96. The molecule has 4 amide bonds. The number of barbiturate groups is 1. The van der Waals surface area contributed by atoms with Crippen molar-refractivity contribution >= 4 is 41.2 Å². The van der Waals surface area contributed by atoms with Gasteiger partial charge < -0.3 is 9.47 Å². The van der Waals surface area contributed by atoms with Crippen LogP contribution in [0.5, 0.6) is 11.5 Å². The third kappa shape index (κ3) is 5.67. The molecule has 7 nitrogen and oxygen atoms in total. The third-order valence-electron chi connectivity index (χ3n) is 5.96. The first kappa shape index (κ1) is 26.0. The minimum absolute atomic E-state index is 0.204. The van der Waals surface area contributed by atoms with Crippen LogP contribution < -0.4 is 19.7 Å². The molecule has 3 aromatic carbocycles. The van der Waals surface area contributed by atoms with Gasteiger partial charge in [-0.15, -0.1) is 0 Å². The molecule has 0 unspecified atom stereocenters. The molecule has 0 radical (unpaired) electrons. The van der Waals surface area contributed by atoms with E-state index in [1.807, 2.05) is 58.0 Å². The van der Waals surface area contributed by atoms with E-state index in [0.29, 0.717) is 29.4 Å². The molecule has 1 heterocycles. The van der Waals surface area contributed by atoms with Crippen LogP contribution in [0.15, 0.2) is 60.2 Å². The summed E-state index contributed by atoms with van der Waals surface area (Å²) in [5.74, 6) is -0.784. The maximum absolute atomic E-state index is 13.3. The van der Waals surface area contributed by atoms with Crippen molar-refractivity contribution in [1.29, 1.82) is 0 Å². The van der Waals surface area contributed by atoms with Crippen molar-refractivity contribution in [2.75, 3.05) is 11.5 Å². The fourth-order valence-corrected chi connectivity index (χ4v) is 4.23. The van der Waals surface area contributed by atoms with E-state index in [4.69, 9.17) is 21.1 Å². The lowest BCUT2D eigenvalue weighted by molar-refractivity contribution is -0.122. The minimum atomic E-state index is -0.802. The molecule has 1 aliphatic rings. The number of carbonyl (C=O) groups excluding carboxylic acids is 3. The summed E-state index contributed by atoms with van der Waals surface area (Å²) in [4.78, 5) is 39.4. The summed E-state index contributed by atoms with van der Waals surface area (Å²) in [7, 11) is 0. The van der Waals surface area contributed by atoms with Crippen LogP contribution in [-0.4, -0.2) is 24.5 Å². The number of ether oxygens (including phenoxy) is 2. The number of hydrogen-bond acceptors (Lipinski definition) is 5. The van der Waals surface area contributed by atoms with Gasteiger partial charge in [-0.05, 0) is 80.3 Å². The summed E-state index contributed by atoms with van der Waals surface area (Å²) in [5.41, 5.74) is 4.64. The molecule has 1 saturated heterocycles. The summed E-state index contributed by atoms with van der Waals surface area (Å²) in [6, 6.07) is 15.6. The van der Waals surface area contributed by atoms with Crippen LogP contribution in [0.3, 0.4) is 0 Å². The molecule has 8 heteroatoms. The van der Waals surface area contributed by atoms with Gasteiger partial charge in [-0.1, -0.05) is 47.5 Å². The van der Waals surface area contributed by atoms with E-state index in [9.17, 15) is 14.4 Å². The van der Waals surface area contributed by atoms with E-state index < -0.39 is 17.8 Å². The van der Waals surface area contributed by atoms with Crippen LogP contribution in [0.1, 0.15) is 34.7 Å². The molecule has 190 valence electrons. The molecule has 1 aliphatic heterocycles. The zero-order chi connectivity index (χ0) is 26.7. The van der Waals surface area contributed by atoms with Gasteiger partial charge in [0.25, 0.3) is 11.8 Å². The highest BCUT2D eigenvalue weighted by atomic mass is 35.5. The van der Waals surface area contributed by atoms with Crippen LogP contribution in [-0.2, 0) is 16.2 Å². The highest BCUT2D eigenvalue weighted by Crippen LogP contribution is 2.38. The van der Waals surface area contributed by atoms with Crippen LogP contribution in [0.2, 0.25) is 5.02 Å². The number of nitrogens with one attached hydrogen (secondary N) is 1. The van der Waals surface area contributed by atoms with Gasteiger partial charge in [0.05, 0.1) is 17.3 Å². The number of nitrogens with zero attached hydrogens (tertiary/aromatic N) is 1. The number of aryl methyl sites for hydroxylation is 3. The molecule has 1 fully saturated rings. The van der Waals surface area contributed by atoms with Crippen molar-refractivity contribution in [1.82, 2.24) is 5.32 Å². The number of rotatable bonds is 7. The Labute approximate surface area is 220 Å². The van der Waals surface area contributed by atoms with Crippen LogP contribution in [0.4, 0.5) is 10.5 Å². The molecule has 4 rings (SSSR count). The van der Waals surface area contributed by atoms with E-state index >= 15 is 0 Å². The molecular weight excluding hydrogens is 492 g/mol. The van der Waals surface area contributed by atoms with Gasteiger partial charge in [-0.3, -0.25) is 14.9 Å². The zero-order valence-electron chi connectivity index (χ0n) is 21.1. The first-order chi connectivity index (χ1) is 17.7. The predicted octanol–water partition coefficient (Wildman–Crippen LogP) is 5.91.